The van der Waals surface area contributed by atoms with Crippen molar-refractivity contribution in [1.82, 2.24) is 19.8 Å². The van der Waals surface area contributed by atoms with Crippen molar-refractivity contribution in [2.45, 2.75) is 13.8 Å². The molecule has 2 heterocycles. The Kier molecular flexibility index (Phi) is 2.03. The molecule has 0 unspecified atom stereocenters. The predicted molar refractivity (Wildman–Crippen MR) is 55.5 cm³/mol. The van der Waals surface area contributed by atoms with E-state index in [1.54, 1.807) is 11.4 Å². The zero-order chi connectivity index (χ0) is 11.0. The van der Waals surface area contributed by atoms with Crippen LogP contribution in [-0.4, -0.2) is 25.7 Å². The van der Waals surface area contributed by atoms with Gasteiger partial charge in [0.1, 0.15) is 0 Å². The molecule has 0 fully saturated rings. The second-order valence-corrected chi connectivity index (χ2v) is 3.39. The topological polar surface area (TPSA) is 75.1 Å². The van der Waals surface area contributed by atoms with Gasteiger partial charge in [0.15, 0.2) is 5.65 Å². The van der Waals surface area contributed by atoms with E-state index in [4.69, 9.17) is 0 Å². The third-order valence-electron chi connectivity index (χ3n) is 1.93. The van der Waals surface area contributed by atoms with Gasteiger partial charge in [-0.2, -0.15) is 0 Å². The third kappa shape index (κ3) is 1.61. The van der Waals surface area contributed by atoms with Crippen LogP contribution < -0.4 is 5.32 Å². The number of nitrogens with one attached hydrogen (secondary N) is 2. The molecule has 2 N–H and O–H groups in total. The van der Waals surface area contributed by atoms with E-state index in [1.807, 2.05) is 13.0 Å². The number of H-pyrrole nitrogens is 1. The van der Waals surface area contributed by atoms with E-state index in [1.165, 1.54) is 0 Å². The molecule has 0 aliphatic carbocycles. The summed E-state index contributed by atoms with van der Waals surface area (Å²) in [4.78, 5) is 11.4. The van der Waals surface area contributed by atoms with Crippen molar-refractivity contribution >= 4 is 17.5 Å². The van der Waals surface area contributed by atoms with Gasteiger partial charge in [-0.05, 0) is 13.8 Å². The Hall–Kier alpha value is -2.11. The lowest BCUT2D eigenvalue weighted by Crippen LogP contribution is -2.14. The fourth-order valence-corrected chi connectivity index (χ4v) is 1.19. The molecule has 6 nitrogen and oxygen atoms in total. The van der Waals surface area contributed by atoms with E-state index in [2.05, 4.69) is 27.2 Å². The summed E-state index contributed by atoms with van der Waals surface area (Å²) in [5.74, 6) is 0.0997. The lowest BCUT2D eigenvalue weighted by Gasteiger charge is -2.00. The van der Waals surface area contributed by atoms with Crippen LogP contribution in [0, 0.1) is 6.92 Å². The Morgan fingerprint density at radius 2 is 2.33 bits per heavy atom. The highest BCUT2D eigenvalue weighted by Gasteiger charge is 2.10. The summed E-state index contributed by atoms with van der Waals surface area (Å²) >= 11 is 0. The number of amides is 1. The number of aromatic nitrogens is 4. The Labute approximate surface area is 86.0 Å². The molecular formula is C9H11N5O. The fraction of sp³-hybridized carbons (Fsp3) is 0.222. The Morgan fingerprint density at radius 1 is 1.60 bits per heavy atom. The fourth-order valence-electron chi connectivity index (χ4n) is 1.19. The van der Waals surface area contributed by atoms with E-state index < -0.39 is 0 Å². The number of aromatic amines is 1. The van der Waals surface area contributed by atoms with E-state index in [0.29, 0.717) is 17.2 Å². The summed E-state index contributed by atoms with van der Waals surface area (Å²) in [6.07, 6.45) is 0. The van der Waals surface area contributed by atoms with Gasteiger partial charge in [-0.15, -0.1) is 10.2 Å². The Balaban J connectivity index is 2.35. The lowest BCUT2D eigenvalue weighted by molar-refractivity contribution is -0.112. The molecule has 0 saturated carbocycles. The van der Waals surface area contributed by atoms with Crippen LogP contribution in [0.2, 0.25) is 0 Å². The van der Waals surface area contributed by atoms with Crippen LogP contribution in [0.4, 0.5) is 5.95 Å². The zero-order valence-electron chi connectivity index (χ0n) is 8.53. The molecule has 0 aliphatic rings. The minimum Gasteiger partial charge on any atom is -0.294 e. The maximum Gasteiger partial charge on any atom is 0.253 e. The maximum absolute atomic E-state index is 11.4. The molecule has 15 heavy (non-hydrogen) atoms. The second-order valence-electron chi connectivity index (χ2n) is 3.39. The first kappa shape index (κ1) is 9.45. The van der Waals surface area contributed by atoms with Crippen LogP contribution in [0.25, 0.3) is 5.65 Å². The number of carbonyl (C=O) groups excluding carboxylic acids is 1. The van der Waals surface area contributed by atoms with Crippen molar-refractivity contribution in [2.75, 3.05) is 5.32 Å². The molecule has 2 aromatic heterocycles. The first-order valence-electron chi connectivity index (χ1n) is 4.45. The number of fused-ring (bicyclic) bond motifs is 1. The van der Waals surface area contributed by atoms with Gasteiger partial charge in [-0.3, -0.25) is 15.2 Å². The van der Waals surface area contributed by atoms with Crippen LogP contribution in [0.3, 0.4) is 0 Å². The molecule has 0 spiro atoms. The van der Waals surface area contributed by atoms with Crippen LogP contribution in [-0.2, 0) is 4.79 Å². The van der Waals surface area contributed by atoms with Crippen LogP contribution >= 0.6 is 0 Å². The Bertz CT molecular complexity index is 536. The first-order chi connectivity index (χ1) is 7.08. The molecular weight excluding hydrogens is 194 g/mol. The van der Waals surface area contributed by atoms with Gasteiger partial charge in [-0.25, -0.2) is 4.52 Å². The van der Waals surface area contributed by atoms with E-state index >= 15 is 0 Å². The summed E-state index contributed by atoms with van der Waals surface area (Å²) < 4.78 is 1.61. The van der Waals surface area contributed by atoms with Crippen molar-refractivity contribution in [3.63, 3.8) is 0 Å². The van der Waals surface area contributed by atoms with Crippen molar-refractivity contribution in [2.24, 2.45) is 0 Å². The Morgan fingerprint density at radius 3 is 3.00 bits per heavy atom. The average molecular weight is 205 g/mol. The smallest absolute Gasteiger partial charge is 0.253 e. The van der Waals surface area contributed by atoms with Gasteiger partial charge in [0.25, 0.3) is 11.9 Å². The van der Waals surface area contributed by atoms with Crippen molar-refractivity contribution in [3.8, 4) is 0 Å². The van der Waals surface area contributed by atoms with Crippen molar-refractivity contribution in [3.05, 3.63) is 23.9 Å². The van der Waals surface area contributed by atoms with Gasteiger partial charge in [0, 0.05) is 17.3 Å². The van der Waals surface area contributed by atoms with E-state index in [0.717, 1.165) is 5.69 Å². The second kappa shape index (κ2) is 3.23. The molecule has 6 heteroatoms. The molecule has 0 saturated heterocycles. The van der Waals surface area contributed by atoms with Crippen LogP contribution in [0.5, 0.6) is 0 Å². The van der Waals surface area contributed by atoms with Gasteiger partial charge in [-0.1, -0.05) is 6.58 Å². The number of hydrogen-bond acceptors (Lipinski definition) is 3. The maximum atomic E-state index is 11.4. The number of anilines is 1. The highest BCUT2D eigenvalue weighted by atomic mass is 16.1. The van der Waals surface area contributed by atoms with E-state index in [-0.39, 0.29) is 5.91 Å². The quantitative estimate of drug-likeness (QED) is 0.714. The average Bonchev–Trinajstić information content (AvgIpc) is 2.66. The predicted octanol–water partition coefficient (Wildman–Crippen LogP) is 0.880. The monoisotopic (exact) mass is 205 g/mol. The minimum absolute atomic E-state index is 0.267. The summed E-state index contributed by atoms with van der Waals surface area (Å²) in [5, 5.41) is 13.3. The number of carbonyl (C=O) groups is 1. The van der Waals surface area contributed by atoms with Gasteiger partial charge in [0.2, 0.25) is 0 Å². The zero-order valence-corrected chi connectivity index (χ0v) is 8.53. The molecule has 78 valence electrons. The molecule has 2 rings (SSSR count). The highest BCUT2D eigenvalue weighted by molar-refractivity contribution is 6.01. The SMILES string of the molecule is C=C(C)C(=O)Nc1nnc2cc(C)[nH]n12. The largest absolute Gasteiger partial charge is 0.294 e. The molecule has 0 aliphatic heterocycles. The standard InChI is InChI=1S/C9H11N5O/c1-5(2)8(15)10-9-12-11-7-4-6(3)13-14(7)9/h4,13H,1H2,2-3H3,(H,10,12,15). The van der Waals surface area contributed by atoms with Crippen LogP contribution in [0.1, 0.15) is 12.6 Å². The van der Waals surface area contributed by atoms with Gasteiger partial charge < -0.3 is 0 Å². The lowest BCUT2D eigenvalue weighted by atomic mass is 10.3. The molecule has 1 amide bonds. The van der Waals surface area contributed by atoms with Crippen molar-refractivity contribution in [1.29, 1.82) is 0 Å². The third-order valence-corrected chi connectivity index (χ3v) is 1.93. The summed E-state index contributed by atoms with van der Waals surface area (Å²) in [6, 6.07) is 1.84. The minimum atomic E-state index is -0.267. The molecule has 0 bridgehead atoms. The number of rotatable bonds is 2. The first-order valence-corrected chi connectivity index (χ1v) is 4.45. The molecule has 0 radical (unpaired) electrons. The molecule has 2 aromatic rings. The normalized spacial score (nSPS) is 10.5. The summed E-state index contributed by atoms with van der Waals surface area (Å²) in [7, 11) is 0. The number of hydrogen-bond donors (Lipinski definition) is 2. The summed E-state index contributed by atoms with van der Waals surface area (Å²) in [5.41, 5.74) is 2.05. The summed E-state index contributed by atoms with van der Waals surface area (Å²) in [6.45, 7) is 7.08. The van der Waals surface area contributed by atoms with E-state index in [9.17, 15) is 4.79 Å². The molecule has 0 aromatic carbocycles. The van der Waals surface area contributed by atoms with Gasteiger partial charge in [0.05, 0.1) is 0 Å². The number of aryl methyl sites for hydroxylation is 1. The van der Waals surface area contributed by atoms with Crippen LogP contribution in [0.15, 0.2) is 18.2 Å². The highest BCUT2D eigenvalue weighted by Crippen LogP contribution is 2.09. The number of nitrogens with zero attached hydrogens (tertiary/aromatic N) is 3. The van der Waals surface area contributed by atoms with Crippen molar-refractivity contribution < 1.29 is 4.79 Å². The van der Waals surface area contributed by atoms with Gasteiger partial charge >= 0.3 is 0 Å². The molecule has 0 atom stereocenters.